The van der Waals surface area contributed by atoms with E-state index in [0.717, 1.165) is 6.42 Å². The fourth-order valence-electron chi connectivity index (χ4n) is 4.19. The zero-order valence-corrected chi connectivity index (χ0v) is 19.1. The van der Waals surface area contributed by atoms with Crippen LogP contribution in [0.5, 0.6) is 11.6 Å². The number of rotatable bonds is 6. The molecular weight excluding hydrogens is 453 g/mol. The topological polar surface area (TPSA) is 114 Å². The van der Waals surface area contributed by atoms with E-state index in [2.05, 4.69) is 25.9 Å². The zero-order valence-electron chi connectivity index (χ0n) is 19.1. The van der Waals surface area contributed by atoms with E-state index in [1.807, 2.05) is 6.08 Å². The van der Waals surface area contributed by atoms with E-state index < -0.39 is 5.82 Å². The van der Waals surface area contributed by atoms with Gasteiger partial charge >= 0.3 is 0 Å². The van der Waals surface area contributed by atoms with Gasteiger partial charge in [-0.2, -0.15) is 0 Å². The second-order valence-corrected chi connectivity index (χ2v) is 8.39. The first kappa shape index (κ1) is 22.7. The fourth-order valence-corrected chi connectivity index (χ4v) is 4.19. The predicted molar refractivity (Wildman–Crippen MR) is 128 cm³/mol. The highest BCUT2D eigenvalue weighted by molar-refractivity contribution is 6.07. The third kappa shape index (κ3) is 4.92. The van der Waals surface area contributed by atoms with Gasteiger partial charge in [0.25, 0.3) is 11.8 Å². The first-order chi connectivity index (χ1) is 17.0. The molecule has 3 N–H and O–H groups in total. The molecule has 0 saturated heterocycles. The lowest BCUT2D eigenvalue weighted by molar-refractivity contribution is -0.118. The number of nitrogens with one attached hydrogen (secondary N) is 3. The predicted octanol–water partition coefficient (Wildman–Crippen LogP) is 3.32. The maximum atomic E-state index is 14.4. The van der Waals surface area contributed by atoms with Crippen LogP contribution in [-0.2, 0) is 16.1 Å². The van der Waals surface area contributed by atoms with Crippen molar-refractivity contribution in [3.8, 4) is 11.6 Å². The normalized spacial score (nSPS) is 17.1. The van der Waals surface area contributed by atoms with Crippen LogP contribution in [0.2, 0.25) is 0 Å². The Kier molecular flexibility index (Phi) is 6.28. The third-order valence-electron chi connectivity index (χ3n) is 6.08. The van der Waals surface area contributed by atoms with Gasteiger partial charge in [-0.3, -0.25) is 14.6 Å². The number of methoxy groups -OCH3 is 1. The molecule has 2 aliphatic rings. The lowest BCUT2D eigenvalue weighted by Gasteiger charge is -2.24. The van der Waals surface area contributed by atoms with Crippen molar-refractivity contribution >= 4 is 34.2 Å². The van der Waals surface area contributed by atoms with E-state index in [-0.39, 0.29) is 24.5 Å². The van der Waals surface area contributed by atoms with E-state index in [1.165, 1.54) is 13.2 Å². The van der Waals surface area contributed by atoms with Crippen LogP contribution < -0.4 is 25.4 Å². The molecule has 3 aromatic rings. The summed E-state index contributed by atoms with van der Waals surface area (Å²) in [7, 11) is 1.53. The highest BCUT2D eigenvalue weighted by Crippen LogP contribution is 2.31. The van der Waals surface area contributed by atoms with Crippen molar-refractivity contribution in [3.63, 3.8) is 0 Å². The SMILES string of the molecule is COc1ccc2nccc(NC(=O)C3=CC[C@H](NCc4cc5c(cc4F)OCC(=O)N5)CC3)c2n1. The van der Waals surface area contributed by atoms with Crippen LogP contribution >= 0.6 is 0 Å². The van der Waals surface area contributed by atoms with Crippen molar-refractivity contribution in [2.45, 2.75) is 31.8 Å². The first-order valence-electron chi connectivity index (χ1n) is 11.3. The van der Waals surface area contributed by atoms with Crippen LogP contribution in [0.15, 0.2) is 48.2 Å². The molecule has 0 bridgehead atoms. The minimum absolute atomic E-state index is 0.0977. The number of pyridine rings is 2. The quantitative estimate of drug-likeness (QED) is 0.499. The van der Waals surface area contributed by atoms with Gasteiger partial charge in [-0.1, -0.05) is 6.08 Å². The molecule has 0 spiro atoms. The first-order valence-corrected chi connectivity index (χ1v) is 11.3. The number of aromatic nitrogens is 2. The van der Waals surface area contributed by atoms with Crippen molar-refractivity contribution in [2.24, 2.45) is 0 Å². The van der Waals surface area contributed by atoms with E-state index >= 15 is 0 Å². The van der Waals surface area contributed by atoms with Gasteiger partial charge in [0.05, 0.1) is 24.0 Å². The molecule has 3 heterocycles. The Hall–Kier alpha value is -4.05. The Bertz CT molecular complexity index is 1340. The summed E-state index contributed by atoms with van der Waals surface area (Å²) in [5.74, 6) is -0.0682. The Labute approximate surface area is 200 Å². The average molecular weight is 477 g/mol. The van der Waals surface area contributed by atoms with Crippen LogP contribution in [0.1, 0.15) is 24.8 Å². The number of halogens is 1. The van der Waals surface area contributed by atoms with Gasteiger partial charge in [-0.25, -0.2) is 9.37 Å². The molecule has 2 amide bonds. The number of carbonyl (C=O) groups is 2. The van der Waals surface area contributed by atoms with Gasteiger partial charge in [-0.15, -0.1) is 0 Å². The van der Waals surface area contributed by atoms with E-state index in [1.54, 1.807) is 30.5 Å². The number of nitrogens with zero attached hydrogens (tertiary/aromatic N) is 2. The lowest BCUT2D eigenvalue weighted by atomic mass is 9.94. The summed E-state index contributed by atoms with van der Waals surface area (Å²) in [5, 5.41) is 8.97. The number of ether oxygens (including phenoxy) is 2. The molecule has 1 aromatic carbocycles. The number of anilines is 2. The number of benzene rings is 1. The number of fused-ring (bicyclic) bond motifs is 2. The molecule has 9 nitrogen and oxygen atoms in total. The van der Waals surface area contributed by atoms with E-state index in [9.17, 15) is 14.0 Å². The lowest BCUT2D eigenvalue weighted by Crippen LogP contribution is -2.32. The van der Waals surface area contributed by atoms with Gasteiger partial charge in [0, 0.05) is 42.1 Å². The molecule has 0 radical (unpaired) electrons. The largest absolute Gasteiger partial charge is 0.481 e. The minimum Gasteiger partial charge on any atom is -0.481 e. The molecule has 5 rings (SSSR count). The summed E-state index contributed by atoms with van der Waals surface area (Å²) in [6, 6.07) is 8.20. The zero-order chi connectivity index (χ0) is 24.4. The molecule has 10 heteroatoms. The molecule has 2 aromatic heterocycles. The van der Waals surface area contributed by atoms with Crippen LogP contribution in [0, 0.1) is 5.82 Å². The molecule has 0 saturated carbocycles. The molecular formula is C25H24FN5O4. The standard InChI is InChI=1S/C25H24FN5O4/c1-34-23-7-6-18-24(31-23)19(8-9-27-18)30-25(33)14-2-4-16(5-3-14)28-12-15-10-20-21(11-17(15)26)35-13-22(32)29-20/h2,6-11,16,28H,3-5,12-13H2,1H3,(H,29,32)(H,27,30,33)/t16-/m0/s1. The maximum Gasteiger partial charge on any atom is 0.262 e. The smallest absolute Gasteiger partial charge is 0.262 e. The minimum atomic E-state index is -0.395. The number of carbonyl (C=O) groups excluding carboxylic acids is 2. The summed E-state index contributed by atoms with van der Waals surface area (Å²) >= 11 is 0. The molecule has 0 fully saturated rings. The average Bonchev–Trinajstić information content (AvgIpc) is 2.88. The molecule has 1 aliphatic carbocycles. The second-order valence-electron chi connectivity index (χ2n) is 8.39. The van der Waals surface area contributed by atoms with E-state index in [0.29, 0.717) is 64.6 Å². The molecule has 1 atom stereocenters. The Balaban J connectivity index is 1.21. The summed E-state index contributed by atoms with van der Waals surface area (Å²) in [6.07, 6.45) is 5.48. The Morgan fingerprint density at radius 2 is 2.20 bits per heavy atom. The van der Waals surface area contributed by atoms with E-state index in [4.69, 9.17) is 9.47 Å². The number of amides is 2. The molecule has 180 valence electrons. The molecule has 0 unspecified atom stereocenters. The van der Waals surface area contributed by atoms with Gasteiger partial charge < -0.3 is 25.4 Å². The van der Waals surface area contributed by atoms with Gasteiger partial charge in [0.1, 0.15) is 17.1 Å². The summed E-state index contributed by atoms with van der Waals surface area (Å²) in [6.45, 7) is 0.183. The summed E-state index contributed by atoms with van der Waals surface area (Å²) < 4.78 is 24.9. The van der Waals surface area contributed by atoms with Crippen molar-refractivity contribution in [2.75, 3.05) is 24.4 Å². The summed E-state index contributed by atoms with van der Waals surface area (Å²) in [5.41, 5.74) is 3.39. The van der Waals surface area contributed by atoms with Gasteiger partial charge in [0.15, 0.2) is 6.61 Å². The Morgan fingerprint density at radius 1 is 1.31 bits per heavy atom. The van der Waals surface area contributed by atoms with Gasteiger partial charge in [0.2, 0.25) is 5.88 Å². The van der Waals surface area contributed by atoms with Crippen LogP contribution in [0.4, 0.5) is 15.8 Å². The fraction of sp³-hybridized carbons (Fsp3) is 0.280. The van der Waals surface area contributed by atoms with Crippen molar-refractivity contribution in [1.82, 2.24) is 15.3 Å². The highest BCUT2D eigenvalue weighted by Gasteiger charge is 2.22. The monoisotopic (exact) mass is 477 g/mol. The number of hydrogen-bond acceptors (Lipinski definition) is 7. The second kappa shape index (κ2) is 9.67. The van der Waals surface area contributed by atoms with Crippen molar-refractivity contribution in [3.05, 3.63) is 59.6 Å². The summed E-state index contributed by atoms with van der Waals surface area (Å²) in [4.78, 5) is 33.1. The maximum absolute atomic E-state index is 14.4. The third-order valence-corrected chi connectivity index (χ3v) is 6.08. The van der Waals surface area contributed by atoms with Crippen LogP contribution in [0.25, 0.3) is 11.0 Å². The Morgan fingerprint density at radius 3 is 3.00 bits per heavy atom. The molecule has 35 heavy (non-hydrogen) atoms. The van der Waals surface area contributed by atoms with Crippen LogP contribution in [-0.4, -0.2) is 41.5 Å². The van der Waals surface area contributed by atoms with Crippen LogP contribution in [0.3, 0.4) is 0 Å². The molecule has 1 aliphatic heterocycles. The van der Waals surface area contributed by atoms with Crippen molar-refractivity contribution < 1.29 is 23.5 Å². The van der Waals surface area contributed by atoms with Gasteiger partial charge in [-0.05, 0) is 37.5 Å². The van der Waals surface area contributed by atoms with Crippen molar-refractivity contribution in [1.29, 1.82) is 0 Å². The highest BCUT2D eigenvalue weighted by atomic mass is 19.1. The number of hydrogen-bond donors (Lipinski definition) is 3.